The van der Waals surface area contributed by atoms with E-state index in [9.17, 15) is 18.0 Å². The van der Waals surface area contributed by atoms with Crippen LogP contribution in [0, 0.1) is 0 Å². The van der Waals surface area contributed by atoms with Gasteiger partial charge in [0.1, 0.15) is 34.6 Å². The Morgan fingerprint density at radius 2 is 1.95 bits per heavy atom. The first-order valence-corrected chi connectivity index (χ1v) is 15.6. The fourth-order valence-corrected chi connectivity index (χ4v) is 6.96. The smallest absolute Gasteiger partial charge is 0.419 e. The predicted molar refractivity (Wildman–Crippen MR) is 160 cm³/mol. The first-order valence-electron chi connectivity index (χ1n) is 13.7. The second kappa shape index (κ2) is 12.8. The van der Waals surface area contributed by atoms with Crippen LogP contribution in [0.2, 0.25) is 5.02 Å². The number of halogens is 1. The van der Waals surface area contributed by atoms with E-state index >= 15 is 0 Å². The Morgan fingerprint density at radius 3 is 2.60 bits per heavy atom. The van der Waals surface area contributed by atoms with E-state index in [1.807, 2.05) is 0 Å². The van der Waals surface area contributed by atoms with Gasteiger partial charge in [-0.2, -0.15) is 0 Å². The van der Waals surface area contributed by atoms with Crippen molar-refractivity contribution in [3.63, 3.8) is 0 Å². The second-order valence-electron chi connectivity index (χ2n) is 11.4. The molecule has 0 spiro atoms. The van der Waals surface area contributed by atoms with E-state index in [-0.39, 0.29) is 56.8 Å². The lowest BCUT2D eigenvalue weighted by Crippen LogP contribution is -2.59. The first-order chi connectivity index (χ1) is 20.2. The maximum absolute atomic E-state index is 14.1. The van der Waals surface area contributed by atoms with Gasteiger partial charge in [0.25, 0.3) is 0 Å². The number of ketones is 1. The fraction of sp³-hybridized carbons (Fsp3) is 0.517. The molecule has 0 unspecified atom stereocenters. The van der Waals surface area contributed by atoms with Crippen molar-refractivity contribution >= 4 is 39.5 Å². The van der Waals surface area contributed by atoms with Crippen molar-refractivity contribution in [2.45, 2.75) is 56.9 Å². The molecule has 0 bridgehead atoms. The number of aromatic nitrogens is 1. The van der Waals surface area contributed by atoms with Crippen LogP contribution in [0.1, 0.15) is 55.7 Å². The molecule has 1 amide bonds. The minimum atomic E-state index is -4.07. The van der Waals surface area contributed by atoms with Gasteiger partial charge in [-0.25, -0.2) is 27.4 Å². The van der Waals surface area contributed by atoms with E-state index < -0.39 is 32.5 Å². The van der Waals surface area contributed by atoms with Crippen LogP contribution in [0.25, 0.3) is 0 Å². The quantitative estimate of drug-likeness (QED) is 0.239. The number of benzene rings is 1. The zero-order valence-corrected chi connectivity index (χ0v) is 26.7. The van der Waals surface area contributed by atoms with Crippen LogP contribution in [-0.4, -0.2) is 92.0 Å². The topological polar surface area (TPSA) is 137 Å². The molecule has 0 N–H and O–H groups in total. The summed E-state index contributed by atoms with van der Waals surface area (Å²) in [7, 11) is -1.21. The zero-order chi connectivity index (χ0) is 31.6. The average Bonchev–Trinajstić information content (AvgIpc) is 3.07. The van der Waals surface area contributed by atoms with E-state index in [2.05, 4.69) is 4.98 Å². The first kappa shape index (κ1) is 32.6. The molecule has 14 heteroatoms. The lowest BCUT2D eigenvalue weighted by atomic mass is 9.85. The van der Waals surface area contributed by atoms with Gasteiger partial charge in [-0.15, -0.1) is 0 Å². The summed E-state index contributed by atoms with van der Waals surface area (Å²) in [4.78, 5) is 36.5. The minimum Gasteiger partial charge on any atom is -0.493 e. The number of guanidine groups is 1. The molecule has 0 radical (unpaired) electrons. The van der Waals surface area contributed by atoms with Crippen molar-refractivity contribution in [2.75, 3.05) is 40.7 Å². The van der Waals surface area contributed by atoms with Crippen LogP contribution in [0.5, 0.6) is 5.75 Å². The van der Waals surface area contributed by atoms with Gasteiger partial charge in [-0.05, 0) is 57.5 Å². The third-order valence-corrected chi connectivity index (χ3v) is 9.66. The number of nitrogens with zero attached hydrogens (tertiary/aromatic N) is 4. The van der Waals surface area contributed by atoms with Crippen LogP contribution < -0.4 is 4.74 Å². The number of amides is 1. The van der Waals surface area contributed by atoms with Crippen molar-refractivity contribution in [1.82, 2.24) is 14.2 Å². The largest absolute Gasteiger partial charge is 0.493 e. The normalized spacial score (nSPS) is 21.0. The van der Waals surface area contributed by atoms with Gasteiger partial charge < -0.3 is 18.9 Å². The highest BCUT2D eigenvalue weighted by Gasteiger charge is 2.54. The summed E-state index contributed by atoms with van der Waals surface area (Å²) < 4.78 is 51.4. The fourth-order valence-electron chi connectivity index (χ4n) is 4.95. The van der Waals surface area contributed by atoms with Crippen molar-refractivity contribution in [3.05, 3.63) is 58.4 Å². The Balaban J connectivity index is 1.80. The molecular formula is C29H37ClN4O8S. The number of aliphatic imine (C=N–C) groups is 1. The van der Waals surface area contributed by atoms with E-state index in [4.69, 9.17) is 35.5 Å². The summed E-state index contributed by atoms with van der Waals surface area (Å²) in [5.74, 6) is 0.0382. The zero-order valence-electron chi connectivity index (χ0n) is 25.1. The van der Waals surface area contributed by atoms with Crippen molar-refractivity contribution in [2.24, 2.45) is 4.99 Å². The Bertz CT molecular complexity index is 1490. The SMILES string of the molecule is COCCOCN(C(=O)OC(C)(C)C)C1=N[C@]2(C)c3cc(CC(=O)c4ccc(Cl)cn4)ccc3OCC[C@H]2S(=O)(=O)N1C. The average molecular weight is 637 g/mol. The lowest BCUT2D eigenvalue weighted by Gasteiger charge is -2.43. The number of carbonyl (C=O) groups is 2. The van der Waals surface area contributed by atoms with Crippen LogP contribution >= 0.6 is 11.6 Å². The maximum Gasteiger partial charge on any atom is 0.419 e. The number of hydrogen-bond donors (Lipinski definition) is 0. The highest BCUT2D eigenvalue weighted by atomic mass is 35.5. The molecule has 0 saturated heterocycles. The number of fused-ring (bicyclic) bond motifs is 3. The number of rotatable bonds is 8. The summed E-state index contributed by atoms with van der Waals surface area (Å²) >= 11 is 5.91. The molecule has 0 aliphatic carbocycles. The van der Waals surface area contributed by atoms with Gasteiger partial charge >= 0.3 is 6.09 Å². The molecule has 1 aromatic carbocycles. The molecule has 2 aliphatic rings. The molecule has 2 aliphatic heterocycles. The summed E-state index contributed by atoms with van der Waals surface area (Å²) in [6.45, 7) is 7.03. The molecule has 1 aromatic heterocycles. The number of pyridine rings is 1. The Hall–Kier alpha value is -3.26. The van der Waals surface area contributed by atoms with Gasteiger partial charge in [0.2, 0.25) is 16.0 Å². The summed E-state index contributed by atoms with van der Waals surface area (Å²) in [6.07, 6.45) is 0.727. The molecule has 2 aromatic rings. The van der Waals surface area contributed by atoms with Gasteiger partial charge in [0.05, 0.1) is 24.8 Å². The van der Waals surface area contributed by atoms with Gasteiger partial charge in [-0.1, -0.05) is 17.7 Å². The predicted octanol–water partition coefficient (Wildman–Crippen LogP) is 4.02. The van der Waals surface area contributed by atoms with Crippen molar-refractivity contribution in [1.29, 1.82) is 0 Å². The maximum atomic E-state index is 14.1. The third-order valence-electron chi connectivity index (χ3n) is 7.09. The molecule has 3 heterocycles. The molecular weight excluding hydrogens is 600 g/mol. The molecule has 234 valence electrons. The van der Waals surface area contributed by atoms with Gasteiger partial charge in [0, 0.05) is 38.8 Å². The number of sulfonamides is 1. The number of ether oxygens (including phenoxy) is 4. The van der Waals surface area contributed by atoms with Gasteiger partial charge in [0.15, 0.2) is 5.78 Å². The monoisotopic (exact) mass is 636 g/mol. The number of hydrogen-bond acceptors (Lipinski definition) is 10. The lowest BCUT2D eigenvalue weighted by molar-refractivity contribution is -0.00423. The van der Waals surface area contributed by atoms with Crippen LogP contribution in [-0.2, 0) is 36.2 Å². The van der Waals surface area contributed by atoms with E-state index in [0.29, 0.717) is 21.9 Å². The van der Waals surface area contributed by atoms with Crippen molar-refractivity contribution in [3.8, 4) is 5.75 Å². The van der Waals surface area contributed by atoms with Crippen LogP contribution in [0.15, 0.2) is 41.5 Å². The number of Topliss-reactive ketones (excluding diaryl/α,β-unsaturated/α-hetero) is 1. The molecule has 0 fully saturated rings. The summed E-state index contributed by atoms with van der Waals surface area (Å²) in [5, 5.41) is -0.604. The molecule has 2 atom stereocenters. The third kappa shape index (κ3) is 7.11. The highest BCUT2D eigenvalue weighted by Crippen LogP contribution is 2.46. The molecule has 43 heavy (non-hydrogen) atoms. The number of methoxy groups -OCH3 is 1. The summed E-state index contributed by atoms with van der Waals surface area (Å²) in [5.41, 5.74) is -0.918. The van der Waals surface area contributed by atoms with E-state index in [0.717, 1.165) is 9.21 Å². The van der Waals surface area contributed by atoms with Crippen LogP contribution in [0.3, 0.4) is 0 Å². The molecule has 4 rings (SSSR count). The van der Waals surface area contributed by atoms with E-state index in [1.54, 1.807) is 58.0 Å². The Morgan fingerprint density at radius 1 is 1.21 bits per heavy atom. The van der Waals surface area contributed by atoms with Crippen LogP contribution in [0.4, 0.5) is 4.79 Å². The Labute approximate surface area is 257 Å². The minimum absolute atomic E-state index is 0.00323. The second-order valence-corrected chi connectivity index (χ2v) is 14.0. The Kier molecular flexibility index (Phi) is 9.69. The molecule has 0 saturated carbocycles. The molecule has 12 nitrogen and oxygen atoms in total. The van der Waals surface area contributed by atoms with Crippen molar-refractivity contribution < 1.29 is 37.0 Å². The highest BCUT2D eigenvalue weighted by molar-refractivity contribution is 7.90. The van der Waals surface area contributed by atoms with Gasteiger partial charge in [-0.3, -0.25) is 9.78 Å². The van der Waals surface area contributed by atoms with E-state index in [1.165, 1.54) is 20.4 Å². The summed E-state index contributed by atoms with van der Waals surface area (Å²) in [6, 6.07) is 8.33. The number of carbonyl (C=O) groups excluding carboxylic acids is 2. The standard InChI is InChI=1S/C29H37ClN4O8S/c1-28(2,3)42-27(36)34(18-40-14-13-39-6)26-32-29(4)21-15-19(16-23(35)22-9-8-20(30)17-31-22)7-10-24(21)41-12-11-25(29)43(37,38)33(26)5/h7-10,15,17,25H,11-14,16,18H2,1-6H3/t25-,29-/m1/s1.